The third-order valence-corrected chi connectivity index (χ3v) is 4.61. The number of fused-ring (bicyclic) bond motifs is 1. The molecule has 0 aliphatic heterocycles. The first-order chi connectivity index (χ1) is 9.22. The van der Waals surface area contributed by atoms with Crippen molar-refractivity contribution in [3.05, 3.63) is 12.4 Å². The fourth-order valence-corrected chi connectivity index (χ4v) is 3.34. The van der Waals surface area contributed by atoms with Crippen LogP contribution in [0.3, 0.4) is 0 Å². The molecule has 0 bridgehead atoms. The van der Waals surface area contributed by atoms with Crippen LogP contribution < -0.4 is 4.74 Å². The van der Waals surface area contributed by atoms with Gasteiger partial charge in [-0.25, -0.2) is 0 Å². The van der Waals surface area contributed by atoms with E-state index in [0.717, 1.165) is 36.8 Å². The maximum atomic E-state index is 10.3. The summed E-state index contributed by atoms with van der Waals surface area (Å²) in [6.45, 7) is 0. The molecule has 2 fully saturated rings. The number of hydrogen-bond donors (Lipinski definition) is 1. The van der Waals surface area contributed by atoms with E-state index in [1.54, 1.807) is 10.9 Å². The predicted molar refractivity (Wildman–Crippen MR) is 72.9 cm³/mol. The monoisotopic (exact) mass is 264 g/mol. The van der Waals surface area contributed by atoms with E-state index in [2.05, 4.69) is 5.10 Å². The summed E-state index contributed by atoms with van der Waals surface area (Å²) in [6, 6.07) is 0. The molecule has 0 radical (unpaired) electrons. The van der Waals surface area contributed by atoms with Gasteiger partial charge >= 0.3 is 0 Å². The van der Waals surface area contributed by atoms with Gasteiger partial charge in [0.05, 0.1) is 18.5 Å². The van der Waals surface area contributed by atoms with E-state index in [-0.39, 0.29) is 12.2 Å². The molecule has 19 heavy (non-hydrogen) atoms. The highest BCUT2D eigenvalue weighted by atomic mass is 16.5. The zero-order valence-electron chi connectivity index (χ0n) is 11.7. The molecule has 0 unspecified atom stereocenters. The molecule has 4 nitrogen and oxygen atoms in total. The van der Waals surface area contributed by atoms with Crippen LogP contribution in [0.15, 0.2) is 12.4 Å². The van der Waals surface area contributed by atoms with Crippen LogP contribution >= 0.6 is 0 Å². The Kier molecular flexibility index (Phi) is 3.78. The van der Waals surface area contributed by atoms with E-state index in [0.29, 0.717) is 0 Å². The lowest BCUT2D eigenvalue weighted by Crippen LogP contribution is -2.32. The van der Waals surface area contributed by atoms with Crippen molar-refractivity contribution in [2.24, 2.45) is 18.9 Å². The van der Waals surface area contributed by atoms with Gasteiger partial charge in [0.2, 0.25) is 0 Å². The first kappa shape index (κ1) is 13.0. The van der Waals surface area contributed by atoms with Gasteiger partial charge in [0.1, 0.15) is 6.10 Å². The molecular formula is C15H24N2O2. The molecule has 2 aliphatic carbocycles. The summed E-state index contributed by atoms with van der Waals surface area (Å²) < 4.78 is 7.67. The molecule has 1 aromatic rings. The Morgan fingerprint density at radius 3 is 2.63 bits per heavy atom. The van der Waals surface area contributed by atoms with Gasteiger partial charge < -0.3 is 9.84 Å². The first-order valence-electron chi connectivity index (χ1n) is 7.56. The fourth-order valence-electron chi connectivity index (χ4n) is 3.34. The Hall–Kier alpha value is -1.03. The maximum Gasteiger partial charge on any atom is 0.157 e. The zero-order valence-corrected chi connectivity index (χ0v) is 11.7. The van der Waals surface area contributed by atoms with Crippen molar-refractivity contribution in [2.75, 3.05) is 0 Å². The highest BCUT2D eigenvalue weighted by molar-refractivity contribution is 5.12. The van der Waals surface area contributed by atoms with Crippen LogP contribution in [0.5, 0.6) is 5.75 Å². The van der Waals surface area contributed by atoms with Gasteiger partial charge in [-0.3, -0.25) is 4.68 Å². The summed E-state index contributed by atoms with van der Waals surface area (Å²) in [5.74, 6) is 2.70. The predicted octanol–water partition coefficient (Wildman–Crippen LogP) is 2.52. The molecule has 0 aromatic carbocycles. The second kappa shape index (κ2) is 5.53. The van der Waals surface area contributed by atoms with Gasteiger partial charge in [-0.2, -0.15) is 5.10 Å². The lowest BCUT2D eigenvalue weighted by atomic mass is 9.97. The van der Waals surface area contributed by atoms with Crippen LogP contribution in [0.2, 0.25) is 0 Å². The minimum Gasteiger partial charge on any atom is -0.484 e. The Morgan fingerprint density at radius 1 is 1.21 bits per heavy atom. The number of aromatic nitrogens is 2. The minimum absolute atomic E-state index is 0.0699. The topological polar surface area (TPSA) is 47.3 Å². The normalized spacial score (nSPS) is 35.5. The van der Waals surface area contributed by atoms with Crippen LogP contribution in [0.25, 0.3) is 0 Å². The fraction of sp³-hybridized carbons (Fsp3) is 0.800. The van der Waals surface area contributed by atoms with E-state index < -0.39 is 0 Å². The molecule has 106 valence electrons. The third-order valence-electron chi connectivity index (χ3n) is 4.61. The second-order valence-corrected chi connectivity index (χ2v) is 6.19. The summed E-state index contributed by atoms with van der Waals surface area (Å²) in [4.78, 5) is 0. The average Bonchev–Trinajstić information content (AvgIpc) is 3.00. The average molecular weight is 264 g/mol. The first-order valence-corrected chi connectivity index (χ1v) is 7.56. The number of aliphatic hydroxyl groups is 1. The molecule has 1 heterocycles. The summed E-state index contributed by atoms with van der Waals surface area (Å²) in [6.07, 6.45) is 11.3. The number of ether oxygens (including phenoxy) is 1. The summed E-state index contributed by atoms with van der Waals surface area (Å²) in [7, 11) is 1.88. The number of aliphatic hydroxyl groups excluding tert-OH is 1. The lowest BCUT2D eigenvalue weighted by molar-refractivity contribution is 0.0216. The number of nitrogens with zero attached hydrogens (tertiary/aromatic N) is 2. The summed E-state index contributed by atoms with van der Waals surface area (Å²) in [5.41, 5.74) is 0. The lowest BCUT2D eigenvalue weighted by Gasteiger charge is -2.24. The van der Waals surface area contributed by atoms with Gasteiger partial charge in [0, 0.05) is 7.05 Å². The maximum absolute atomic E-state index is 10.3. The Balaban J connectivity index is 1.59. The van der Waals surface area contributed by atoms with Gasteiger partial charge in [-0.1, -0.05) is 19.3 Å². The Bertz CT molecular complexity index is 418. The molecule has 0 spiro atoms. The van der Waals surface area contributed by atoms with E-state index in [1.807, 2.05) is 13.2 Å². The molecule has 0 amide bonds. The van der Waals surface area contributed by atoms with E-state index in [1.165, 1.54) is 25.7 Å². The van der Waals surface area contributed by atoms with Crippen molar-refractivity contribution in [1.82, 2.24) is 9.78 Å². The highest BCUT2D eigenvalue weighted by Crippen LogP contribution is 2.46. The van der Waals surface area contributed by atoms with E-state index in [9.17, 15) is 5.11 Å². The smallest absolute Gasteiger partial charge is 0.157 e. The highest BCUT2D eigenvalue weighted by Gasteiger charge is 2.37. The van der Waals surface area contributed by atoms with Crippen LogP contribution in [-0.4, -0.2) is 27.1 Å². The molecule has 2 saturated carbocycles. The molecular weight excluding hydrogens is 240 g/mol. The van der Waals surface area contributed by atoms with Crippen molar-refractivity contribution >= 4 is 0 Å². The standard InChI is InChI=1S/C15H24N2O2/c1-17-10-13(9-16-17)19-15-7-3-5-12-8-11(12)4-2-6-14(15)18/h9-12,14-15,18H,2-8H2,1H3/t11-,12+,14+,15+/m0/s1. The second-order valence-electron chi connectivity index (χ2n) is 6.19. The molecule has 0 saturated heterocycles. The molecule has 3 rings (SSSR count). The van der Waals surface area contributed by atoms with Crippen molar-refractivity contribution in [3.63, 3.8) is 0 Å². The van der Waals surface area contributed by atoms with Crippen molar-refractivity contribution in [1.29, 1.82) is 0 Å². The molecule has 2 aliphatic rings. The largest absolute Gasteiger partial charge is 0.484 e. The van der Waals surface area contributed by atoms with Crippen molar-refractivity contribution < 1.29 is 9.84 Å². The number of aryl methyl sites for hydroxylation is 1. The van der Waals surface area contributed by atoms with E-state index in [4.69, 9.17) is 4.74 Å². The van der Waals surface area contributed by atoms with E-state index >= 15 is 0 Å². The van der Waals surface area contributed by atoms with Gasteiger partial charge in [-0.05, 0) is 37.5 Å². The van der Waals surface area contributed by atoms with Gasteiger partial charge in [-0.15, -0.1) is 0 Å². The SMILES string of the molecule is Cn1cc(O[C@@H]2CCC[C@@H]3C[C@@H]3CCC[C@H]2O)cn1. The third kappa shape index (κ3) is 3.30. The summed E-state index contributed by atoms with van der Waals surface area (Å²) >= 11 is 0. The van der Waals surface area contributed by atoms with Crippen LogP contribution in [0.1, 0.15) is 44.9 Å². The van der Waals surface area contributed by atoms with Crippen molar-refractivity contribution in [3.8, 4) is 5.75 Å². The van der Waals surface area contributed by atoms with Crippen LogP contribution in [-0.2, 0) is 7.05 Å². The van der Waals surface area contributed by atoms with Crippen LogP contribution in [0, 0.1) is 11.8 Å². The quantitative estimate of drug-likeness (QED) is 0.893. The molecule has 4 heteroatoms. The van der Waals surface area contributed by atoms with Gasteiger partial charge in [0.15, 0.2) is 5.75 Å². The Morgan fingerprint density at radius 2 is 1.95 bits per heavy atom. The molecule has 1 N–H and O–H groups in total. The minimum atomic E-state index is -0.337. The molecule has 1 aromatic heterocycles. The van der Waals surface area contributed by atoms with Crippen LogP contribution in [0.4, 0.5) is 0 Å². The number of hydrogen-bond acceptors (Lipinski definition) is 3. The number of rotatable bonds is 2. The van der Waals surface area contributed by atoms with Crippen molar-refractivity contribution in [2.45, 2.75) is 57.2 Å². The Labute approximate surface area is 114 Å². The summed E-state index contributed by atoms with van der Waals surface area (Å²) in [5, 5.41) is 14.4. The zero-order chi connectivity index (χ0) is 13.2. The molecule has 4 atom stereocenters. The van der Waals surface area contributed by atoms with Gasteiger partial charge in [0.25, 0.3) is 0 Å².